The van der Waals surface area contributed by atoms with Crippen molar-refractivity contribution < 1.29 is 0 Å². The number of fused-ring (bicyclic) bond motifs is 7. The number of nitrogens with zero attached hydrogens (tertiary/aromatic N) is 2. The lowest BCUT2D eigenvalue weighted by molar-refractivity contribution is 0.850. The first-order valence-corrected chi connectivity index (χ1v) is 13.3. The van der Waals surface area contributed by atoms with Crippen LogP contribution in [0.4, 0.5) is 0 Å². The van der Waals surface area contributed by atoms with Crippen LogP contribution in [0.1, 0.15) is 17.9 Å². The van der Waals surface area contributed by atoms with E-state index in [0.717, 1.165) is 6.42 Å². The van der Waals surface area contributed by atoms with Crippen LogP contribution in [0.25, 0.3) is 55.0 Å². The number of allylic oxidation sites excluding steroid dienone is 4. The molecule has 1 atom stereocenters. The van der Waals surface area contributed by atoms with Crippen molar-refractivity contribution in [2.24, 2.45) is 0 Å². The lowest BCUT2D eigenvalue weighted by Gasteiger charge is -2.18. The summed E-state index contributed by atoms with van der Waals surface area (Å²) in [5, 5.41) is 5.23. The molecule has 2 heteroatoms. The van der Waals surface area contributed by atoms with Crippen molar-refractivity contribution in [2.75, 3.05) is 0 Å². The molecule has 2 aromatic heterocycles. The first-order chi connectivity index (χ1) is 18.9. The molecular formula is C36H26N2. The van der Waals surface area contributed by atoms with Crippen LogP contribution in [0.3, 0.4) is 0 Å². The van der Waals surface area contributed by atoms with Gasteiger partial charge in [-0.15, -0.1) is 0 Å². The third-order valence-electron chi connectivity index (χ3n) is 8.05. The van der Waals surface area contributed by atoms with Crippen LogP contribution in [0.5, 0.6) is 0 Å². The van der Waals surface area contributed by atoms with Gasteiger partial charge in [0.25, 0.3) is 0 Å². The number of para-hydroxylation sites is 3. The average Bonchev–Trinajstić information content (AvgIpc) is 3.51. The second kappa shape index (κ2) is 8.36. The largest absolute Gasteiger partial charge is 0.310 e. The monoisotopic (exact) mass is 486 g/mol. The number of rotatable bonds is 3. The minimum Gasteiger partial charge on any atom is -0.310 e. The van der Waals surface area contributed by atoms with Gasteiger partial charge in [0.05, 0.1) is 22.1 Å². The summed E-state index contributed by atoms with van der Waals surface area (Å²) in [5.74, 6) is 0.420. The maximum Gasteiger partial charge on any atom is 0.0548 e. The third kappa shape index (κ3) is 3.07. The molecule has 180 valence electrons. The van der Waals surface area contributed by atoms with E-state index in [1.54, 1.807) is 0 Å². The van der Waals surface area contributed by atoms with Gasteiger partial charge >= 0.3 is 0 Å². The van der Waals surface area contributed by atoms with Crippen molar-refractivity contribution in [1.29, 1.82) is 0 Å². The van der Waals surface area contributed by atoms with Crippen molar-refractivity contribution in [3.8, 4) is 5.69 Å². The Labute approximate surface area is 221 Å². The number of benzene rings is 5. The number of aromatic nitrogens is 2. The summed E-state index contributed by atoms with van der Waals surface area (Å²) in [6.45, 7) is 0. The van der Waals surface area contributed by atoms with Gasteiger partial charge in [-0.3, -0.25) is 0 Å². The summed E-state index contributed by atoms with van der Waals surface area (Å²) >= 11 is 0. The number of hydrogen-bond acceptors (Lipinski definition) is 0. The normalized spacial score (nSPS) is 15.6. The maximum atomic E-state index is 2.45. The van der Waals surface area contributed by atoms with Crippen LogP contribution in [0.15, 0.2) is 140 Å². The summed E-state index contributed by atoms with van der Waals surface area (Å²) in [7, 11) is 0. The molecule has 0 saturated heterocycles. The fraction of sp³-hybridized carbons (Fsp3) is 0.0556. The molecule has 0 bridgehead atoms. The Morgan fingerprint density at radius 1 is 0.500 bits per heavy atom. The van der Waals surface area contributed by atoms with E-state index >= 15 is 0 Å². The molecule has 1 aliphatic rings. The molecule has 2 heterocycles. The zero-order chi connectivity index (χ0) is 25.1. The quantitative estimate of drug-likeness (QED) is 0.235. The van der Waals surface area contributed by atoms with Crippen LogP contribution in [0, 0.1) is 0 Å². The molecule has 0 saturated carbocycles. The van der Waals surface area contributed by atoms with Crippen LogP contribution in [0.2, 0.25) is 0 Å². The van der Waals surface area contributed by atoms with E-state index in [0.29, 0.717) is 5.92 Å². The van der Waals surface area contributed by atoms with Crippen molar-refractivity contribution in [1.82, 2.24) is 9.13 Å². The molecule has 1 unspecified atom stereocenters. The van der Waals surface area contributed by atoms with Crippen molar-refractivity contribution in [3.05, 3.63) is 145 Å². The van der Waals surface area contributed by atoms with Crippen molar-refractivity contribution in [3.63, 3.8) is 0 Å². The fourth-order valence-corrected chi connectivity index (χ4v) is 6.37. The van der Waals surface area contributed by atoms with E-state index in [2.05, 4.69) is 149 Å². The fourth-order valence-electron chi connectivity index (χ4n) is 6.37. The van der Waals surface area contributed by atoms with Crippen LogP contribution >= 0.6 is 0 Å². The van der Waals surface area contributed by atoms with Gasteiger partial charge in [-0.25, -0.2) is 0 Å². The zero-order valence-corrected chi connectivity index (χ0v) is 21.0. The summed E-state index contributed by atoms with van der Waals surface area (Å²) in [5.41, 5.74) is 8.79. The molecule has 0 fully saturated rings. The van der Waals surface area contributed by atoms with Crippen LogP contribution < -0.4 is 0 Å². The first-order valence-electron chi connectivity index (χ1n) is 13.3. The van der Waals surface area contributed by atoms with E-state index in [1.807, 2.05) is 0 Å². The standard InChI is InChI=1S/C36H26N2/c1-3-11-25(12-4-1)26-19-21-28(22-20-26)38-32-18-10-8-16-30(32)36-34(38)24-23-33-35(36)29-15-7-9-17-31(29)37(33)27-13-5-2-6-14-27/h1-19,21-24,26H,20H2. The molecule has 0 radical (unpaired) electrons. The average molecular weight is 487 g/mol. The highest BCUT2D eigenvalue weighted by molar-refractivity contribution is 6.29. The minimum absolute atomic E-state index is 0.420. The second-order valence-corrected chi connectivity index (χ2v) is 10.1. The highest BCUT2D eigenvalue weighted by Gasteiger charge is 2.21. The minimum atomic E-state index is 0.420. The molecule has 38 heavy (non-hydrogen) atoms. The van der Waals surface area contributed by atoms with Gasteiger partial charge in [0.15, 0.2) is 0 Å². The molecule has 0 amide bonds. The Balaban J connectivity index is 1.41. The van der Waals surface area contributed by atoms with Crippen LogP contribution in [-0.2, 0) is 0 Å². The van der Waals surface area contributed by atoms with Gasteiger partial charge in [0.2, 0.25) is 0 Å². The summed E-state index contributed by atoms with van der Waals surface area (Å²) in [4.78, 5) is 0. The molecule has 0 spiro atoms. The molecular weight excluding hydrogens is 460 g/mol. The van der Waals surface area contributed by atoms with E-state index in [1.165, 1.54) is 60.6 Å². The molecule has 7 aromatic rings. The summed E-state index contributed by atoms with van der Waals surface area (Å²) in [6, 6.07) is 43.8. The van der Waals surface area contributed by atoms with E-state index in [4.69, 9.17) is 0 Å². The van der Waals surface area contributed by atoms with Gasteiger partial charge in [0.1, 0.15) is 0 Å². The van der Waals surface area contributed by atoms with Gasteiger partial charge in [-0.05, 0) is 54.5 Å². The van der Waals surface area contributed by atoms with Gasteiger partial charge in [0, 0.05) is 38.8 Å². The van der Waals surface area contributed by atoms with Crippen molar-refractivity contribution >= 4 is 49.3 Å². The predicted octanol–water partition coefficient (Wildman–Crippen LogP) is 9.48. The smallest absolute Gasteiger partial charge is 0.0548 e. The maximum absolute atomic E-state index is 2.45. The van der Waals surface area contributed by atoms with E-state index in [-0.39, 0.29) is 0 Å². The third-order valence-corrected chi connectivity index (χ3v) is 8.05. The van der Waals surface area contributed by atoms with Crippen LogP contribution in [-0.4, -0.2) is 9.13 Å². The molecule has 5 aromatic carbocycles. The lowest BCUT2D eigenvalue weighted by atomic mass is 9.92. The molecule has 8 rings (SSSR count). The summed E-state index contributed by atoms with van der Waals surface area (Å²) < 4.78 is 4.86. The lowest BCUT2D eigenvalue weighted by Crippen LogP contribution is -2.02. The predicted molar refractivity (Wildman–Crippen MR) is 161 cm³/mol. The first kappa shape index (κ1) is 21.3. The van der Waals surface area contributed by atoms with Gasteiger partial charge in [-0.2, -0.15) is 0 Å². The van der Waals surface area contributed by atoms with Gasteiger partial charge < -0.3 is 9.13 Å². The highest BCUT2D eigenvalue weighted by atomic mass is 15.0. The zero-order valence-electron chi connectivity index (χ0n) is 21.0. The Hall–Kier alpha value is -4.82. The molecule has 1 aliphatic carbocycles. The highest BCUT2D eigenvalue weighted by Crippen LogP contribution is 2.43. The Bertz CT molecular complexity index is 2040. The van der Waals surface area contributed by atoms with E-state index < -0.39 is 0 Å². The topological polar surface area (TPSA) is 9.86 Å². The summed E-state index contributed by atoms with van der Waals surface area (Å²) in [6.07, 6.45) is 8.08. The Kier molecular flexibility index (Phi) is 4.68. The molecule has 0 N–H and O–H groups in total. The molecule has 2 nitrogen and oxygen atoms in total. The Morgan fingerprint density at radius 2 is 1.05 bits per heavy atom. The molecule has 0 aliphatic heterocycles. The number of hydrogen-bond donors (Lipinski definition) is 0. The van der Waals surface area contributed by atoms with Crippen molar-refractivity contribution in [2.45, 2.75) is 12.3 Å². The van der Waals surface area contributed by atoms with Gasteiger partial charge in [-0.1, -0.05) is 97.1 Å². The second-order valence-electron chi connectivity index (χ2n) is 10.1. The SMILES string of the molecule is C1=CC(c2ccccc2)CC=C1n1c2ccccc2c2c3c4ccccc4n(-c4ccccc4)c3ccc21. The Morgan fingerprint density at radius 3 is 1.68 bits per heavy atom. The van der Waals surface area contributed by atoms with E-state index in [9.17, 15) is 0 Å².